The van der Waals surface area contributed by atoms with Crippen LogP contribution in [-0.4, -0.2) is 41.7 Å². The van der Waals surface area contributed by atoms with E-state index in [1.54, 1.807) is 12.1 Å². The van der Waals surface area contributed by atoms with E-state index in [0.717, 1.165) is 12.1 Å². The van der Waals surface area contributed by atoms with Crippen molar-refractivity contribution < 1.29 is 24.2 Å². The van der Waals surface area contributed by atoms with Crippen molar-refractivity contribution in [3.63, 3.8) is 0 Å². The Kier molecular flexibility index (Phi) is 6.36. The Morgan fingerprint density at radius 3 is 2.89 bits per heavy atom. The van der Waals surface area contributed by atoms with Crippen molar-refractivity contribution in [2.45, 2.75) is 26.2 Å². The zero-order chi connectivity index (χ0) is 20.1. The van der Waals surface area contributed by atoms with E-state index in [1.807, 2.05) is 18.3 Å². The molecular formula is C20H21ClN2O5. The van der Waals surface area contributed by atoms with Crippen LogP contribution in [-0.2, 0) is 22.4 Å². The van der Waals surface area contributed by atoms with E-state index in [-0.39, 0.29) is 25.5 Å². The second-order valence-electron chi connectivity index (χ2n) is 6.34. The highest BCUT2D eigenvalue weighted by Gasteiger charge is 2.27. The van der Waals surface area contributed by atoms with Crippen molar-refractivity contribution in [2.75, 3.05) is 24.7 Å². The summed E-state index contributed by atoms with van der Waals surface area (Å²) in [7, 11) is 0. The number of rotatable bonds is 8. The number of anilines is 1. The van der Waals surface area contributed by atoms with Gasteiger partial charge in [0.15, 0.2) is 6.61 Å². The number of carboxylic acids is 1. The minimum Gasteiger partial charge on any atom is -0.491 e. The normalized spacial score (nSPS) is 13.1. The SMILES string of the molecule is CCc1ccc(CCOc2cc3c(cc2Cl)N(CCC(=O)O)C(=O)CO3)nc1. The molecule has 1 amide bonds. The van der Waals surface area contributed by atoms with Crippen molar-refractivity contribution in [2.24, 2.45) is 0 Å². The molecule has 1 aromatic carbocycles. The molecule has 148 valence electrons. The number of halogens is 1. The molecule has 0 aliphatic carbocycles. The van der Waals surface area contributed by atoms with Gasteiger partial charge < -0.3 is 19.5 Å². The largest absolute Gasteiger partial charge is 0.491 e. The lowest BCUT2D eigenvalue weighted by Crippen LogP contribution is -2.40. The molecule has 0 bridgehead atoms. The minimum absolute atomic E-state index is 0.0560. The van der Waals surface area contributed by atoms with Crippen molar-refractivity contribution in [1.82, 2.24) is 4.98 Å². The summed E-state index contributed by atoms with van der Waals surface area (Å²) >= 11 is 6.31. The first kappa shape index (κ1) is 19.9. The molecule has 0 saturated heterocycles. The number of hydrogen-bond donors (Lipinski definition) is 1. The van der Waals surface area contributed by atoms with E-state index in [1.165, 1.54) is 10.5 Å². The van der Waals surface area contributed by atoms with Crippen molar-refractivity contribution in [3.8, 4) is 11.5 Å². The summed E-state index contributed by atoms with van der Waals surface area (Å²) < 4.78 is 11.2. The fourth-order valence-electron chi connectivity index (χ4n) is 2.84. The summed E-state index contributed by atoms with van der Waals surface area (Å²) in [5, 5.41) is 9.20. The second kappa shape index (κ2) is 8.93. The number of carboxylic acid groups (broad SMARTS) is 1. The first-order chi connectivity index (χ1) is 13.5. The predicted octanol–water partition coefficient (Wildman–Crippen LogP) is 3.12. The van der Waals surface area contributed by atoms with Crippen LogP contribution in [0, 0.1) is 0 Å². The Morgan fingerprint density at radius 2 is 2.21 bits per heavy atom. The molecule has 0 atom stereocenters. The van der Waals surface area contributed by atoms with Crippen LogP contribution in [0.4, 0.5) is 5.69 Å². The van der Waals surface area contributed by atoms with Gasteiger partial charge in [-0.3, -0.25) is 14.6 Å². The third-order valence-electron chi connectivity index (χ3n) is 4.42. The van der Waals surface area contributed by atoms with Gasteiger partial charge in [0.2, 0.25) is 0 Å². The Balaban J connectivity index is 1.68. The van der Waals surface area contributed by atoms with Crippen LogP contribution in [0.2, 0.25) is 5.02 Å². The monoisotopic (exact) mass is 404 g/mol. The number of ether oxygens (including phenoxy) is 2. The van der Waals surface area contributed by atoms with Gasteiger partial charge in [-0.25, -0.2) is 0 Å². The first-order valence-electron chi connectivity index (χ1n) is 9.03. The maximum absolute atomic E-state index is 12.1. The fourth-order valence-corrected chi connectivity index (χ4v) is 3.06. The Morgan fingerprint density at radius 1 is 1.39 bits per heavy atom. The highest BCUT2D eigenvalue weighted by Crippen LogP contribution is 2.40. The Labute approximate surface area is 167 Å². The molecule has 1 aliphatic heterocycles. The molecule has 2 aromatic rings. The summed E-state index contributed by atoms with van der Waals surface area (Å²) in [6, 6.07) is 7.22. The molecule has 0 saturated carbocycles. The number of fused-ring (bicyclic) bond motifs is 1. The maximum Gasteiger partial charge on any atom is 0.305 e. The maximum atomic E-state index is 12.1. The molecule has 7 nitrogen and oxygen atoms in total. The van der Waals surface area contributed by atoms with Gasteiger partial charge in [0, 0.05) is 30.9 Å². The minimum atomic E-state index is -0.979. The van der Waals surface area contributed by atoms with E-state index in [2.05, 4.69) is 11.9 Å². The van der Waals surface area contributed by atoms with Gasteiger partial charge in [0.25, 0.3) is 5.91 Å². The van der Waals surface area contributed by atoms with Crippen LogP contribution in [0.3, 0.4) is 0 Å². The van der Waals surface area contributed by atoms with Crippen LogP contribution in [0.1, 0.15) is 24.6 Å². The highest BCUT2D eigenvalue weighted by atomic mass is 35.5. The second-order valence-corrected chi connectivity index (χ2v) is 6.75. The van der Waals surface area contributed by atoms with Gasteiger partial charge in [-0.1, -0.05) is 24.6 Å². The van der Waals surface area contributed by atoms with Crippen LogP contribution in [0.25, 0.3) is 0 Å². The zero-order valence-corrected chi connectivity index (χ0v) is 16.2. The first-order valence-corrected chi connectivity index (χ1v) is 9.41. The summed E-state index contributed by atoms with van der Waals surface area (Å²) in [6.07, 6.45) is 3.27. The molecule has 2 heterocycles. The van der Waals surface area contributed by atoms with E-state index >= 15 is 0 Å². The number of aromatic nitrogens is 1. The quantitative estimate of drug-likeness (QED) is 0.727. The number of aryl methyl sites for hydroxylation is 1. The molecule has 3 rings (SSSR count). The number of carbonyl (C=O) groups excluding carboxylic acids is 1. The molecule has 0 radical (unpaired) electrons. The van der Waals surface area contributed by atoms with Gasteiger partial charge in [-0.2, -0.15) is 0 Å². The van der Waals surface area contributed by atoms with E-state index < -0.39 is 5.97 Å². The zero-order valence-electron chi connectivity index (χ0n) is 15.5. The van der Waals surface area contributed by atoms with Gasteiger partial charge in [-0.05, 0) is 24.1 Å². The molecular weight excluding hydrogens is 384 g/mol. The van der Waals surface area contributed by atoms with Crippen LogP contribution in [0.15, 0.2) is 30.5 Å². The topological polar surface area (TPSA) is 89.0 Å². The fraction of sp³-hybridized carbons (Fsp3) is 0.350. The van der Waals surface area contributed by atoms with Gasteiger partial charge in [-0.15, -0.1) is 0 Å². The summed E-state index contributed by atoms with van der Waals surface area (Å²) in [6.45, 7) is 2.37. The Bertz CT molecular complexity index is 870. The third kappa shape index (κ3) is 4.72. The van der Waals surface area contributed by atoms with Crippen LogP contribution < -0.4 is 14.4 Å². The lowest BCUT2D eigenvalue weighted by atomic mass is 10.2. The number of amides is 1. The Hall–Kier alpha value is -2.80. The molecule has 0 spiro atoms. The van der Waals surface area contributed by atoms with Crippen LogP contribution in [0.5, 0.6) is 11.5 Å². The molecule has 8 heteroatoms. The van der Waals surface area contributed by atoms with Gasteiger partial charge in [0.05, 0.1) is 23.7 Å². The summed E-state index contributed by atoms with van der Waals surface area (Å²) in [4.78, 5) is 28.7. The lowest BCUT2D eigenvalue weighted by Gasteiger charge is -2.29. The van der Waals surface area contributed by atoms with Gasteiger partial charge in [0.1, 0.15) is 11.5 Å². The smallest absolute Gasteiger partial charge is 0.305 e. The lowest BCUT2D eigenvalue weighted by molar-refractivity contribution is -0.136. The molecule has 1 N–H and O–H groups in total. The number of carbonyl (C=O) groups is 2. The van der Waals surface area contributed by atoms with Crippen LogP contribution >= 0.6 is 11.6 Å². The standard InChI is InChI=1S/C20H21ClN2O5/c1-2-13-3-4-14(22-11-13)6-8-27-17-10-18-16(9-15(17)21)23(7-5-20(25)26)19(24)12-28-18/h3-4,9-11H,2,5-8,12H2,1H3,(H,25,26). The summed E-state index contributed by atoms with van der Waals surface area (Å²) in [5.74, 6) is -0.402. The highest BCUT2D eigenvalue weighted by molar-refractivity contribution is 6.32. The average molecular weight is 405 g/mol. The number of aliphatic carboxylic acids is 1. The molecule has 28 heavy (non-hydrogen) atoms. The summed E-state index contributed by atoms with van der Waals surface area (Å²) in [5.41, 5.74) is 2.56. The van der Waals surface area contributed by atoms with Crippen molar-refractivity contribution in [3.05, 3.63) is 46.7 Å². The number of benzene rings is 1. The number of nitrogens with zero attached hydrogens (tertiary/aromatic N) is 2. The number of pyridine rings is 1. The predicted molar refractivity (Wildman–Crippen MR) is 104 cm³/mol. The van der Waals surface area contributed by atoms with Gasteiger partial charge >= 0.3 is 5.97 Å². The third-order valence-corrected chi connectivity index (χ3v) is 4.71. The van der Waals surface area contributed by atoms with Crippen molar-refractivity contribution >= 4 is 29.2 Å². The molecule has 1 aliphatic rings. The molecule has 0 fully saturated rings. The van der Waals surface area contributed by atoms with E-state index in [4.69, 9.17) is 26.2 Å². The molecule has 0 unspecified atom stereocenters. The molecule has 1 aromatic heterocycles. The average Bonchev–Trinajstić information content (AvgIpc) is 2.68. The van der Waals surface area contributed by atoms with E-state index in [9.17, 15) is 9.59 Å². The van der Waals surface area contributed by atoms with Crippen molar-refractivity contribution in [1.29, 1.82) is 0 Å². The number of hydrogen-bond acceptors (Lipinski definition) is 5. The van der Waals surface area contributed by atoms with E-state index in [0.29, 0.717) is 35.2 Å².